The van der Waals surface area contributed by atoms with E-state index in [-0.39, 0.29) is 0 Å². The van der Waals surface area contributed by atoms with Crippen molar-refractivity contribution in [2.45, 2.75) is 77.0 Å². The third-order valence-electron chi connectivity index (χ3n) is 8.27. The van der Waals surface area contributed by atoms with Crippen LogP contribution in [-0.4, -0.2) is 57.7 Å². The molecule has 0 N–H and O–H groups in total. The van der Waals surface area contributed by atoms with Gasteiger partial charge < -0.3 is 28.5 Å². The van der Waals surface area contributed by atoms with E-state index in [2.05, 4.69) is 40.9 Å². The molecule has 3 aliphatic carbocycles. The Hall–Kier alpha value is -4.75. The molecule has 0 saturated heterocycles. The Morgan fingerprint density at radius 2 is 0.591 bits per heavy atom. The standard InChI is InChI=1S/C28H32B2N8O6/c1-2-8-24-23(7-1)33-39-29(21-13-17-31-18-14-21)41-35-25-9-3-5-11-27(25)37-43-30(40-34-24,22-15-19-32-20-16-22)44-38-28-12-6-4-10-26(28)36-42-29/h13-20H,1-12H2/q-2/b33-23+,34-24+,35-25+,36-26+,37-27+,38-28?. The average molecular weight is 598 g/mol. The van der Waals surface area contributed by atoms with Crippen LogP contribution in [-0.2, 0) is 28.5 Å². The fourth-order valence-corrected chi connectivity index (χ4v) is 5.69. The molecular weight excluding hydrogens is 566 g/mol. The van der Waals surface area contributed by atoms with Gasteiger partial charge in [0.05, 0.1) is 34.3 Å². The molecule has 3 aliphatic heterocycles. The Labute approximate surface area is 254 Å². The Morgan fingerprint density at radius 1 is 0.364 bits per heavy atom. The summed E-state index contributed by atoms with van der Waals surface area (Å²) in [7, 11) is 0. The number of hydrogen-bond acceptors (Lipinski definition) is 14. The quantitative estimate of drug-likeness (QED) is 0.476. The van der Waals surface area contributed by atoms with E-state index in [4.69, 9.17) is 28.5 Å². The zero-order valence-electron chi connectivity index (χ0n) is 24.3. The van der Waals surface area contributed by atoms with Gasteiger partial charge in [0.25, 0.3) is 0 Å². The van der Waals surface area contributed by atoms with Gasteiger partial charge in [0.15, 0.2) is 0 Å². The first-order chi connectivity index (χ1) is 21.7. The molecule has 2 aromatic rings. The predicted molar refractivity (Wildman–Crippen MR) is 166 cm³/mol. The summed E-state index contributed by atoms with van der Waals surface area (Å²) in [4.78, 5) is 8.33. The fourth-order valence-electron chi connectivity index (χ4n) is 5.69. The normalized spacial score (nSPS) is 33.1. The molecule has 5 heterocycles. The Balaban J connectivity index is 1.47. The molecule has 228 valence electrons. The van der Waals surface area contributed by atoms with Gasteiger partial charge in [-0.1, -0.05) is 35.2 Å². The Morgan fingerprint density at radius 3 is 0.818 bits per heavy atom. The molecule has 8 rings (SSSR count). The van der Waals surface area contributed by atoms with Crippen LogP contribution in [0.2, 0.25) is 0 Å². The lowest BCUT2D eigenvalue weighted by molar-refractivity contribution is 0.0758. The van der Waals surface area contributed by atoms with E-state index in [0.29, 0.717) is 83.7 Å². The van der Waals surface area contributed by atoms with Gasteiger partial charge in [-0.3, -0.25) is 9.97 Å². The summed E-state index contributed by atoms with van der Waals surface area (Å²) in [5.41, 5.74) is 4.45. The number of nitrogens with zero attached hydrogens (tertiary/aromatic N) is 8. The minimum atomic E-state index is -2.89. The first-order valence-corrected chi connectivity index (χ1v) is 15.3. The number of aromatic nitrogens is 2. The van der Waals surface area contributed by atoms with E-state index in [1.165, 1.54) is 0 Å². The third kappa shape index (κ3) is 5.75. The van der Waals surface area contributed by atoms with Crippen LogP contribution in [0.1, 0.15) is 77.0 Å². The molecule has 0 unspecified atom stereocenters. The summed E-state index contributed by atoms with van der Waals surface area (Å²) in [6.07, 6.45) is 15.4. The van der Waals surface area contributed by atoms with Gasteiger partial charge in [0.2, 0.25) is 0 Å². The van der Waals surface area contributed by atoms with E-state index in [9.17, 15) is 0 Å². The molecule has 44 heavy (non-hydrogen) atoms. The molecule has 0 spiro atoms. The van der Waals surface area contributed by atoms with Crippen LogP contribution in [0.3, 0.4) is 0 Å². The highest BCUT2D eigenvalue weighted by atomic mass is 16.9. The zero-order valence-corrected chi connectivity index (χ0v) is 24.3. The van der Waals surface area contributed by atoms with Crippen molar-refractivity contribution in [2.75, 3.05) is 0 Å². The average Bonchev–Trinajstić information content (AvgIpc) is 3.09. The predicted octanol–water partition coefficient (Wildman–Crippen LogP) is 3.45. The van der Waals surface area contributed by atoms with Gasteiger partial charge >= 0.3 is 13.5 Å². The molecule has 0 aromatic carbocycles. The van der Waals surface area contributed by atoms with Crippen molar-refractivity contribution in [1.82, 2.24) is 9.97 Å². The van der Waals surface area contributed by atoms with Crippen LogP contribution in [0.15, 0.2) is 80.0 Å². The highest BCUT2D eigenvalue weighted by molar-refractivity contribution is 6.76. The van der Waals surface area contributed by atoms with Gasteiger partial charge in [-0.15, -0.1) is 30.9 Å². The first kappa shape index (κ1) is 28.0. The second-order valence-corrected chi connectivity index (χ2v) is 11.3. The van der Waals surface area contributed by atoms with Crippen molar-refractivity contribution in [3.05, 3.63) is 49.1 Å². The maximum atomic E-state index is 6.27. The van der Waals surface area contributed by atoms with E-state index in [0.717, 1.165) is 38.5 Å². The molecule has 16 heteroatoms. The van der Waals surface area contributed by atoms with E-state index >= 15 is 0 Å². The van der Waals surface area contributed by atoms with Crippen molar-refractivity contribution in [3.8, 4) is 0 Å². The molecule has 14 nitrogen and oxygen atoms in total. The summed E-state index contributed by atoms with van der Waals surface area (Å²) in [6, 6.07) is 6.93. The first-order valence-electron chi connectivity index (χ1n) is 15.3. The number of oxime groups is 6. The summed E-state index contributed by atoms with van der Waals surface area (Å²) >= 11 is 0. The van der Waals surface area contributed by atoms with Crippen LogP contribution < -0.4 is 10.9 Å². The highest BCUT2D eigenvalue weighted by Gasteiger charge is 2.44. The van der Waals surface area contributed by atoms with E-state index in [1.54, 1.807) is 49.1 Å². The zero-order chi connectivity index (χ0) is 29.7. The van der Waals surface area contributed by atoms with E-state index in [1.807, 2.05) is 0 Å². The fraction of sp³-hybridized carbons (Fsp3) is 0.429. The van der Waals surface area contributed by atoms with Crippen molar-refractivity contribution < 1.29 is 28.5 Å². The molecule has 0 atom stereocenters. The van der Waals surface area contributed by atoms with Gasteiger partial charge in [-0.05, 0) is 77.0 Å². The second-order valence-electron chi connectivity index (χ2n) is 11.3. The van der Waals surface area contributed by atoms with Crippen molar-refractivity contribution in [2.24, 2.45) is 30.9 Å². The van der Waals surface area contributed by atoms with Crippen molar-refractivity contribution in [3.63, 3.8) is 0 Å². The molecule has 3 fully saturated rings. The van der Waals surface area contributed by atoms with Crippen molar-refractivity contribution >= 4 is 58.7 Å². The molecular formula is C28H32B2N8O6-2. The minimum absolute atomic E-state index is 0.513. The largest absolute Gasteiger partial charge is 0.640 e. The molecule has 0 amide bonds. The third-order valence-corrected chi connectivity index (χ3v) is 8.27. The summed E-state index contributed by atoms with van der Waals surface area (Å²) < 4.78 is 37.6. The molecule has 0 radical (unpaired) electrons. The number of pyridine rings is 2. The van der Waals surface area contributed by atoms with Crippen LogP contribution in [0.25, 0.3) is 0 Å². The van der Waals surface area contributed by atoms with E-state index < -0.39 is 13.5 Å². The Kier molecular flexibility index (Phi) is 7.95. The lowest BCUT2D eigenvalue weighted by Gasteiger charge is -2.38. The monoisotopic (exact) mass is 598 g/mol. The number of hydrogen-bond donors (Lipinski definition) is 0. The molecule has 2 aromatic heterocycles. The van der Waals surface area contributed by atoms with Crippen LogP contribution in [0, 0.1) is 0 Å². The Bertz CT molecular complexity index is 1310. The van der Waals surface area contributed by atoms with Crippen LogP contribution in [0.5, 0.6) is 0 Å². The maximum Gasteiger partial charge on any atom is 0.640 e. The lowest BCUT2D eigenvalue weighted by atomic mass is 9.70. The van der Waals surface area contributed by atoms with Crippen molar-refractivity contribution in [1.29, 1.82) is 0 Å². The van der Waals surface area contributed by atoms with Gasteiger partial charge in [-0.25, -0.2) is 0 Å². The molecule has 3 saturated carbocycles. The van der Waals surface area contributed by atoms with Crippen LogP contribution in [0.4, 0.5) is 0 Å². The lowest BCUT2D eigenvalue weighted by Crippen LogP contribution is -2.55. The summed E-state index contributed by atoms with van der Waals surface area (Å²) in [5, 5.41) is 27.4. The number of rotatable bonds is 2. The SMILES string of the molecule is c1cc([B-]23ON=C4CCCC/C4=N\O[B-](c4ccncc4)(O/N=C4\CCCC\C4=N/O2)O/N=C2\CCCC\C2=N/O3)ccn1. The minimum Gasteiger partial charge on any atom is -0.536 e. The highest BCUT2D eigenvalue weighted by Crippen LogP contribution is 2.25. The van der Waals surface area contributed by atoms with Crippen LogP contribution >= 0.6 is 0 Å². The van der Waals surface area contributed by atoms with Gasteiger partial charge in [0, 0.05) is 24.8 Å². The topological polar surface area (TPSA) is 155 Å². The number of fused-ring (bicyclic) bond motifs is 6. The van der Waals surface area contributed by atoms with Gasteiger partial charge in [-0.2, -0.15) is 0 Å². The summed E-state index contributed by atoms with van der Waals surface area (Å²) in [5.74, 6) is 0. The van der Waals surface area contributed by atoms with Gasteiger partial charge in [0.1, 0.15) is 0 Å². The maximum absolute atomic E-state index is 6.27. The smallest absolute Gasteiger partial charge is 0.536 e. The summed E-state index contributed by atoms with van der Waals surface area (Å²) in [6.45, 7) is -5.79. The molecule has 2 bridgehead atoms. The molecule has 6 aliphatic rings. The second kappa shape index (κ2) is 12.5.